The summed E-state index contributed by atoms with van der Waals surface area (Å²) in [6.45, 7) is 8.63. The summed E-state index contributed by atoms with van der Waals surface area (Å²) >= 11 is 0. The number of carbonyl (C=O) groups excluding carboxylic acids is 2. The first-order chi connectivity index (χ1) is 16.9. The van der Waals surface area contributed by atoms with Gasteiger partial charge in [-0.05, 0) is 48.6 Å². The highest BCUT2D eigenvalue weighted by atomic mass is 16.5. The lowest BCUT2D eigenvalue weighted by Crippen LogP contribution is -2.59. The Morgan fingerprint density at radius 3 is 2.14 bits per heavy atom. The van der Waals surface area contributed by atoms with Gasteiger partial charge >= 0.3 is 11.9 Å². The third-order valence-electron chi connectivity index (χ3n) is 6.06. The molecule has 0 spiro atoms. The zero-order valence-electron chi connectivity index (χ0n) is 21.7. The van der Waals surface area contributed by atoms with E-state index in [4.69, 9.17) is 15.2 Å². The normalized spacial score (nSPS) is 14.8. The molecule has 2 aromatic carbocycles. The van der Waals surface area contributed by atoms with Crippen LogP contribution < -0.4 is 15.8 Å². The standard InChI is InChI=1S/C28H38N2O6/c1-27(2,3)15-16-30-28(4,26(34)35-5)24(25(33)22(29)17-23(31)32)20-11-13-21(14-12-20)36-18-19-9-7-6-8-10-19/h6-14,22,24,30H,15-18,29H2,1-5H3,(H,31,32)/t22-,24?,28-/m0/s1. The van der Waals surface area contributed by atoms with Crippen LogP contribution in [-0.4, -0.2) is 48.1 Å². The van der Waals surface area contributed by atoms with E-state index in [1.165, 1.54) is 7.11 Å². The van der Waals surface area contributed by atoms with Crippen LogP contribution in [-0.2, 0) is 25.7 Å². The molecule has 8 nitrogen and oxygen atoms in total. The number of carboxylic acid groups (broad SMARTS) is 1. The number of Topliss-reactive ketones (excluding diaryl/α,β-unsaturated/α-hetero) is 1. The topological polar surface area (TPSA) is 128 Å². The lowest BCUT2D eigenvalue weighted by atomic mass is 9.75. The molecule has 0 bridgehead atoms. The lowest BCUT2D eigenvalue weighted by molar-refractivity contribution is -0.151. The first-order valence-corrected chi connectivity index (χ1v) is 12.0. The molecule has 36 heavy (non-hydrogen) atoms. The van der Waals surface area contributed by atoms with E-state index in [-0.39, 0.29) is 5.41 Å². The Labute approximate surface area is 213 Å². The maximum absolute atomic E-state index is 13.5. The maximum atomic E-state index is 13.5. The van der Waals surface area contributed by atoms with Crippen LogP contribution in [0.5, 0.6) is 5.75 Å². The SMILES string of the molecule is COC(=O)[C@@](C)(NCCC(C)(C)C)C(C(=O)[C@@H](N)CC(=O)O)c1ccc(OCc2ccccc2)cc1. The summed E-state index contributed by atoms with van der Waals surface area (Å²) in [4.78, 5) is 37.9. The van der Waals surface area contributed by atoms with Gasteiger partial charge in [-0.2, -0.15) is 0 Å². The van der Waals surface area contributed by atoms with Crippen LogP contribution in [0.2, 0.25) is 0 Å². The molecule has 0 aliphatic carbocycles. The monoisotopic (exact) mass is 498 g/mol. The van der Waals surface area contributed by atoms with Crippen LogP contribution in [0.3, 0.4) is 0 Å². The van der Waals surface area contributed by atoms with E-state index >= 15 is 0 Å². The van der Waals surface area contributed by atoms with Crippen LogP contribution in [0.1, 0.15) is 57.6 Å². The Morgan fingerprint density at radius 2 is 1.61 bits per heavy atom. The van der Waals surface area contributed by atoms with E-state index < -0.39 is 41.6 Å². The molecule has 0 radical (unpaired) electrons. The van der Waals surface area contributed by atoms with Crippen molar-refractivity contribution in [3.8, 4) is 5.75 Å². The van der Waals surface area contributed by atoms with Crippen LogP contribution in [0.4, 0.5) is 0 Å². The number of aliphatic carboxylic acids is 1. The lowest BCUT2D eigenvalue weighted by Gasteiger charge is -2.37. The van der Waals surface area contributed by atoms with Gasteiger partial charge in [0, 0.05) is 0 Å². The van der Waals surface area contributed by atoms with E-state index in [9.17, 15) is 19.5 Å². The van der Waals surface area contributed by atoms with Gasteiger partial charge in [0.25, 0.3) is 0 Å². The summed E-state index contributed by atoms with van der Waals surface area (Å²) in [6.07, 6.45) is 0.181. The minimum atomic E-state index is -1.47. The van der Waals surface area contributed by atoms with Crippen molar-refractivity contribution in [3.05, 3.63) is 65.7 Å². The van der Waals surface area contributed by atoms with Gasteiger partial charge in [-0.1, -0.05) is 63.2 Å². The molecule has 8 heteroatoms. The summed E-state index contributed by atoms with van der Waals surface area (Å²) in [6, 6.07) is 15.2. The van der Waals surface area contributed by atoms with Crippen LogP contribution in [0, 0.1) is 5.41 Å². The van der Waals surface area contributed by atoms with Crippen LogP contribution >= 0.6 is 0 Å². The maximum Gasteiger partial charge on any atom is 0.326 e. The summed E-state index contributed by atoms with van der Waals surface area (Å²) in [7, 11) is 1.26. The fourth-order valence-electron chi connectivity index (χ4n) is 3.98. The summed E-state index contributed by atoms with van der Waals surface area (Å²) < 4.78 is 10.9. The molecule has 2 rings (SSSR count). The predicted octanol–water partition coefficient (Wildman–Crippen LogP) is 3.68. The highest BCUT2D eigenvalue weighted by Crippen LogP contribution is 2.34. The summed E-state index contributed by atoms with van der Waals surface area (Å²) in [5.74, 6) is -2.89. The molecule has 196 valence electrons. The van der Waals surface area contributed by atoms with Gasteiger partial charge in [0.05, 0.1) is 25.5 Å². The zero-order chi connectivity index (χ0) is 26.9. The van der Waals surface area contributed by atoms with Crippen molar-refractivity contribution in [1.82, 2.24) is 5.32 Å². The third-order valence-corrected chi connectivity index (χ3v) is 6.06. The molecule has 0 heterocycles. The number of esters is 1. The molecule has 0 saturated carbocycles. The molecule has 1 unspecified atom stereocenters. The Morgan fingerprint density at radius 1 is 1.00 bits per heavy atom. The van der Waals surface area contributed by atoms with Gasteiger partial charge in [-0.25, -0.2) is 0 Å². The second kappa shape index (κ2) is 12.6. The summed E-state index contributed by atoms with van der Waals surface area (Å²) in [5, 5.41) is 12.4. The fourth-order valence-corrected chi connectivity index (χ4v) is 3.98. The quantitative estimate of drug-likeness (QED) is 0.357. The highest BCUT2D eigenvalue weighted by molar-refractivity contribution is 5.99. The van der Waals surface area contributed by atoms with Crippen molar-refractivity contribution in [2.45, 2.75) is 64.6 Å². The number of carbonyl (C=O) groups is 3. The van der Waals surface area contributed by atoms with Crippen molar-refractivity contribution in [2.24, 2.45) is 11.1 Å². The number of ketones is 1. The van der Waals surface area contributed by atoms with Gasteiger partial charge in [-0.15, -0.1) is 0 Å². The van der Waals surface area contributed by atoms with Crippen LogP contribution in [0.15, 0.2) is 54.6 Å². The van der Waals surface area contributed by atoms with E-state index in [0.29, 0.717) is 24.5 Å². The van der Waals surface area contributed by atoms with Crippen molar-refractivity contribution in [2.75, 3.05) is 13.7 Å². The number of methoxy groups -OCH3 is 1. The van der Waals surface area contributed by atoms with Gasteiger partial charge in [-0.3, -0.25) is 14.4 Å². The summed E-state index contributed by atoms with van der Waals surface area (Å²) in [5.41, 5.74) is 6.03. The second-order valence-electron chi connectivity index (χ2n) is 10.3. The molecular weight excluding hydrogens is 460 g/mol. The molecule has 0 amide bonds. The average molecular weight is 499 g/mol. The van der Waals surface area contributed by atoms with Gasteiger partial charge in [0.1, 0.15) is 17.9 Å². The van der Waals surface area contributed by atoms with Gasteiger partial charge in [0.2, 0.25) is 0 Å². The first kappa shape index (κ1) is 29.0. The third kappa shape index (κ3) is 8.17. The number of benzene rings is 2. The first-order valence-electron chi connectivity index (χ1n) is 12.0. The van der Waals surface area contributed by atoms with E-state index in [1.807, 2.05) is 30.3 Å². The Hall–Kier alpha value is -3.23. The van der Waals surface area contributed by atoms with Crippen LogP contribution in [0.25, 0.3) is 0 Å². The highest BCUT2D eigenvalue weighted by Gasteiger charge is 2.48. The van der Waals surface area contributed by atoms with Gasteiger partial charge in [0.15, 0.2) is 5.78 Å². The fraction of sp³-hybridized carbons (Fsp3) is 0.464. The Bertz CT molecular complexity index is 1020. The minimum Gasteiger partial charge on any atom is -0.489 e. The number of ether oxygens (including phenoxy) is 2. The minimum absolute atomic E-state index is 0.0129. The smallest absolute Gasteiger partial charge is 0.326 e. The van der Waals surface area contributed by atoms with Crippen molar-refractivity contribution >= 4 is 17.7 Å². The molecule has 4 N–H and O–H groups in total. The number of nitrogens with two attached hydrogens (primary N) is 1. The van der Waals surface area contributed by atoms with Crippen molar-refractivity contribution in [3.63, 3.8) is 0 Å². The van der Waals surface area contributed by atoms with E-state index in [0.717, 1.165) is 12.0 Å². The second-order valence-corrected chi connectivity index (χ2v) is 10.3. The van der Waals surface area contributed by atoms with E-state index in [2.05, 4.69) is 26.1 Å². The van der Waals surface area contributed by atoms with Crippen molar-refractivity contribution in [1.29, 1.82) is 0 Å². The zero-order valence-corrected chi connectivity index (χ0v) is 21.7. The van der Waals surface area contributed by atoms with Gasteiger partial charge < -0.3 is 25.6 Å². The number of rotatable bonds is 13. The van der Waals surface area contributed by atoms with E-state index in [1.54, 1.807) is 31.2 Å². The molecule has 0 fully saturated rings. The number of hydrogen-bond donors (Lipinski definition) is 3. The molecule has 3 atom stereocenters. The molecule has 0 aliphatic heterocycles. The Balaban J connectivity index is 2.40. The molecule has 2 aromatic rings. The molecule has 0 saturated heterocycles. The number of carboxylic acids is 1. The largest absolute Gasteiger partial charge is 0.489 e. The predicted molar refractivity (Wildman–Crippen MR) is 138 cm³/mol. The van der Waals surface area contributed by atoms with Crippen molar-refractivity contribution < 1.29 is 29.0 Å². The molecular formula is C28H38N2O6. The number of hydrogen-bond acceptors (Lipinski definition) is 7. The average Bonchev–Trinajstić information content (AvgIpc) is 2.82. The molecule has 0 aliphatic rings. The molecule has 0 aromatic heterocycles. The number of nitrogens with one attached hydrogen (secondary N) is 1. The Kier molecular flexibility index (Phi) is 10.2.